The summed E-state index contributed by atoms with van der Waals surface area (Å²) < 4.78 is 28.8. The van der Waals surface area contributed by atoms with Crippen molar-refractivity contribution in [2.45, 2.75) is 6.92 Å². The predicted octanol–water partition coefficient (Wildman–Crippen LogP) is 1.68. The van der Waals surface area contributed by atoms with E-state index in [0.29, 0.717) is 18.0 Å². The van der Waals surface area contributed by atoms with Crippen LogP contribution in [0.1, 0.15) is 6.92 Å². The number of ether oxygens (including phenoxy) is 1. The summed E-state index contributed by atoms with van der Waals surface area (Å²) in [6, 6.07) is 6.58. The maximum atomic E-state index is 11.5. The third-order valence-electron chi connectivity index (χ3n) is 2.64. The molecule has 1 rings (SSSR count). The first-order chi connectivity index (χ1) is 8.77. The van der Waals surface area contributed by atoms with Crippen molar-refractivity contribution in [3.63, 3.8) is 0 Å². The van der Waals surface area contributed by atoms with Crippen LogP contribution in [0.25, 0.3) is 0 Å². The van der Waals surface area contributed by atoms with E-state index in [2.05, 4.69) is 0 Å². The molecule has 0 unspecified atom stereocenters. The molecule has 0 spiro atoms. The van der Waals surface area contributed by atoms with Gasteiger partial charge in [0.1, 0.15) is 0 Å². The third-order valence-corrected chi connectivity index (χ3v) is 3.85. The monoisotopic (exact) mass is 286 g/mol. The standard InChI is InChI=1S/C12H18N2O4S/c1-5-18-12(15)13(2)10-6-8-11(9-7-10)14(3)19(4,16)17/h6-9H,5H2,1-4H3. The van der Waals surface area contributed by atoms with E-state index in [-0.39, 0.29) is 0 Å². The van der Waals surface area contributed by atoms with Gasteiger partial charge in [0.25, 0.3) is 0 Å². The quantitative estimate of drug-likeness (QED) is 0.844. The second kappa shape index (κ2) is 5.92. The Morgan fingerprint density at radius 1 is 1.16 bits per heavy atom. The van der Waals surface area contributed by atoms with Crippen molar-refractivity contribution in [3.05, 3.63) is 24.3 Å². The summed E-state index contributed by atoms with van der Waals surface area (Å²) in [6.07, 6.45) is 0.678. The smallest absolute Gasteiger partial charge is 0.413 e. The summed E-state index contributed by atoms with van der Waals surface area (Å²) in [5.41, 5.74) is 1.16. The van der Waals surface area contributed by atoms with E-state index in [9.17, 15) is 13.2 Å². The lowest BCUT2D eigenvalue weighted by Crippen LogP contribution is -2.27. The van der Waals surface area contributed by atoms with Gasteiger partial charge in [-0.15, -0.1) is 0 Å². The predicted molar refractivity (Wildman–Crippen MR) is 75.1 cm³/mol. The normalized spacial score (nSPS) is 10.9. The van der Waals surface area contributed by atoms with Gasteiger partial charge in [-0.3, -0.25) is 9.21 Å². The number of amides is 1. The molecule has 0 aliphatic heterocycles. The van der Waals surface area contributed by atoms with Crippen LogP contribution in [0.4, 0.5) is 16.2 Å². The first-order valence-electron chi connectivity index (χ1n) is 5.71. The van der Waals surface area contributed by atoms with Crippen molar-refractivity contribution < 1.29 is 17.9 Å². The highest BCUT2D eigenvalue weighted by Gasteiger charge is 2.14. The van der Waals surface area contributed by atoms with Crippen molar-refractivity contribution >= 4 is 27.5 Å². The van der Waals surface area contributed by atoms with Crippen LogP contribution in [0.3, 0.4) is 0 Å². The fraction of sp³-hybridized carbons (Fsp3) is 0.417. The van der Waals surface area contributed by atoms with Crippen molar-refractivity contribution in [2.24, 2.45) is 0 Å². The molecule has 0 saturated heterocycles. The number of nitrogens with zero attached hydrogens (tertiary/aromatic N) is 2. The molecule has 0 aromatic heterocycles. The minimum atomic E-state index is -3.29. The van der Waals surface area contributed by atoms with Crippen LogP contribution in [0, 0.1) is 0 Å². The van der Waals surface area contributed by atoms with Gasteiger partial charge in [-0.2, -0.15) is 0 Å². The number of sulfonamides is 1. The molecule has 0 saturated carbocycles. The Balaban J connectivity index is 2.91. The van der Waals surface area contributed by atoms with Crippen molar-refractivity contribution in [1.29, 1.82) is 0 Å². The van der Waals surface area contributed by atoms with Crippen LogP contribution < -0.4 is 9.21 Å². The summed E-state index contributed by atoms with van der Waals surface area (Å²) in [5, 5.41) is 0. The maximum Gasteiger partial charge on any atom is 0.413 e. The van der Waals surface area contributed by atoms with Crippen LogP contribution in [-0.2, 0) is 14.8 Å². The number of carbonyl (C=O) groups is 1. The number of hydrogen-bond donors (Lipinski definition) is 0. The zero-order valence-electron chi connectivity index (χ0n) is 11.5. The van der Waals surface area contributed by atoms with Crippen molar-refractivity contribution in [2.75, 3.05) is 36.2 Å². The van der Waals surface area contributed by atoms with Crippen LogP contribution in [0.5, 0.6) is 0 Å². The summed E-state index contributed by atoms with van der Waals surface area (Å²) in [5.74, 6) is 0. The number of rotatable bonds is 4. The number of hydrogen-bond acceptors (Lipinski definition) is 4. The second-order valence-electron chi connectivity index (χ2n) is 4.00. The second-order valence-corrected chi connectivity index (χ2v) is 6.02. The molecule has 0 N–H and O–H groups in total. The zero-order valence-corrected chi connectivity index (χ0v) is 12.3. The Morgan fingerprint density at radius 3 is 2.05 bits per heavy atom. The zero-order chi connectivity index (χ0) is 14.6. The molecular weight excluding hydrogens is 268 g/mol. The molecule has 19 heavy (non-hydrogen) atoms. The van der Waals surface area contributed by atoms with Crippen molar-refractivity contribution in [3.8, 4) is 0 Å². The van der Waals surface area contributed by atoms with Gasteiger partial charge in [0, 0.05) is 19.8 Å². The summed E-state index contributed by atoms with van der Waals surface area (Å²) >= 11 is 0. The van der Waals surface area contributed by atoms with Gasteiger partial charge < -0.3 is 4.74 Å². The van der Waals surface area contributed by atoms with E-state index in [1.807, 2.05) is 0 Å². The Hall–Kier alpha value is -1.76. The SMILES string of the molecule is CCOC(=O)N(C)c1ccc(N(C)S(C)(=O)=O)cc1. The van der Waals surface area contributed by atoms with E-state index in [0.717, 1.165) is 6.26 Å². The molecule has 7 heteroatoms. The molecule has 0 aliphatic carbocycles. The Labute approximate surface area is 113 Å². The molecule has 106 valence electrons. The van der Waals surface area contributed by atoms with Crippen LogP contribution in [0.15, 0.2) is 24.3 Å². The van der Waals surface area contributed by atoms with Gasteiger partial charge >= 0.3 is 6.09 Å². The first kappa shape index (κ1) is 15.3. The molecule has 1 aromatic rings. The Kier molecular flexibility index (Phi) is 4.77. The third kappa shape index (κ3) is 3.85. The number of carbonyl (C=O) groups excluding carboxylic acids is 1. The van der Waals surface area contributed by atoms with Gasteiger partial charge in [-0.05, 0) is 31.2 Å². The summed E-state index contributed by atoms with van der Waals surface area (Å²) in [6.45, 7) is 2.04. The van der Waals surface area contributed by atoms with Gasteiger partial charge in [0.05, 0.1) is 18.6 Å². The van der Waals surface area contributed by atoms with Gasteiger partial charge in [-0.25, -0.2) is 13.2 Å². The van der Waals surface area contributed by atoms with E-state index >= 15 is 0 Å². The molecule has 1 aromatic carbocycles. The lowest BCUT2D eigenvalue weighted by molar-refractivity contribution is 0.161. The molecule has 6 nitrogen and oxygen atoms in total. The minimum absolute atomic E-state index is 0.304. The maximum absolute atomic E-state index is 11.5. The van der Waals surface area contributed by atoms with Crippen LogP contribution >= 0.6 is 0 Å². The topological polar surface area (TPSA) is 66.9 Å². The van der Waals surface area contributed by atoms with Crippen LogP contribution in [-0.4, -0.2) is 41.5 Å². The number of anilines is 2. The fourth-order valence-corrected chi connectivity index (χ4v) is 1.91. The van der Waals surface area contributed by atoms with E-state index < -0.39 is 16.1 Å². The lowest BCUT2D eigenvalue weighted by Gasteiger charge is -2.19. The largest absolute Gasteiger partial charge is 0.449 e. The lowest BCUT2D eigenvalue weighted by atomic mass is 10.2. The van der Waals surface area contributed by atoms with Gasteiger partial charge in [0.2, 0.25) is 10.0 Å². The highest BCUT2D eigenvalue weighted by molar-refractivity contribution is 7.92. The Morgan fingerprint density at radius 2 is 1.63 bits per heavy atom. The van der Waals surface area contributed by atoms with E-state index in [4.69, 9.17) is 4.74 Å². The number of benzene rings is 1. The fourth-order valence-electron chi connectivity index (χ4n) is 1.40. The van der Waals surface area contributed by atoms with E-state index in [1.165, 1.54) is 16.3 Å². The van der Waals surface area contributed by atoms with Gasteiger partial charge in [-0.1, -0.05) is 0 Å². The average Bonchev–Trinajstić information content (AvgIpc) is 2.36. The molecule has 0 radical (unpaired) electrons. The molecule has 0 heterocycles. The molecule has 0 fully saturated rings. The molecule has 0 aliphatic rings. The highest BCUT2D eigenvalue weighted by atomic mass is 32.2. The molecule has 1 amide bonds. The van der Waals surface area contributed by atoms with Gasteiger partial charge in [0.15, 0.2) is 0 Å². The first-order valence-corrected chi connectivity index (χ1v) is 7.56. The highest BCUT2D eigenvalue weighted by Crippen LogP contribution is 2.21. The molecular formula is C12H18N2O4S. The summed E-state index contributed by atoms with van der Waals surface area (Å²) in [7, 11) is -0.224. The van der Waals surface area contributed by atoms with Crippen LogP contribution in [0.2, 0.25) is 0 Å². The Bertz CT molecular complexity index is 539. The van der Waals surface area contributed by atoms with Crippen molar-refractivity contribution in [1.82, 2.24) is 0 Å². The minimum Gasteiger partial charge on any atom is -0.449 e. The summed E-state index contributed by atoms with van der Waals surface area (Å²) in [4.78, 5) is 12.9. The van der Waals surface area contributed by atoms with E-state index in [1.54, 1.807) is 38.2 Å². The average molecular weight is 286 g/mol. The molecule has 0 bridgehead atoms. The molecule has 0 atom stereocenters.